The van der Waals surface area contributed by atoms with Crippen LogP contribution in [0.2, 0.25) is 0 Å². The van der Waals surface area contributed by atoms with E-state index < -0.39 is 0 Å². The molecule has 2 rings (SSSR count). The lowest BCUT2D eigenvalue weighted by Gasteiger charge is -2.13. The molecule has 0 spiro atoms. The first-order valence-electron chi connectivity index (χ1n) is 7.01. The Balaban J connectivity index is 1.96. The van der Waals surface area contributed by atoms with Crippen molar-refractivity contribution in [3.63, 3.8) is 0 Å². The second-order valence-electron chi connectivity index (χ2n) is 5.36. The van der Waals surface area contributed by atoms with Crippen LogP contribution in [0.4, 0.5) is 5.82 Å². The van der Waals surface area contributed by atoms with Crippen LogP contribution in [0.25, 0.3) is 0 Å². The summed E-state index contributed by atoms with van der Waals surface area (Å²) in [5, 5.41) is 6.99. The Labute approximate surface area is 124 Å². The highest BCUT2D eigenvalue weighted by atomic mass is 16.5. The van der Waals surface area contributed by atoms with E-state index >= 15 is 0 Å². The Morgan fingerprint density at radius 3 is 2.81 bits per heavy atom. The van der Waals surface area contributed by atoms with Gasteiger partial charge >= 0.3 is 0 Å². The van der Waals surface area contributed by atoms with Crippen LogP contribution in [-0.2, 0) is 4.79 Å². The van der Waals surface area contributed by atoms with Gasteiger partial charge in [-0.25, -0.2) is 4.68 Å². The normalized spacial score (nSPS) is 10.7. The molecule has 0 aliphatic rings. The number of hydrogen-bond donors (Lipinski definition) is 1. The molecule has 0 saturated carbocycles. The van der Waals surface area contributed by atoms with Crippen molar-refractivity contribution in [3.05, 3.63) is 41.6 Å². The monoisotopic (exact) mass is 287 g/mol. The number of benzene rings is 1. The third kappa shape index (κ3) is 3.84. The van der Waals surface area contributed by atoms with E-state index in [9.17, 15) is 4.79 Å². The van der Waals surface area contributed by atoms with Crippen molar-refractivity contribution in [1.29, 1.82) is 0 Å². The molecule has 0 aliphatic heterocycles. The predicted molar refractivity (Wildman–Crippen MR) is 82.7 cm³/mol. The number of rotatable bonds is 5. The number of nitrogens with one attached hydrogen (secondary N) is 1. The molecule has 5 nitrogen and oxygen atoms in total. The molecule has 1 amide bonds. The molecule has 1 aromatic carbocycles. The first-order valence-corrected chi connectivity index (χ1v) is 7.01. The van der Waals surface area contributed by atoms with E-state index in [0.717, 1.165) is 16.9 Å². The van der Waals surface area contributed by atoms with Gasteiger partial charge in [0.05, 0.1) is 6.20 Å². The fourth-order valence-corrected chi connectivity index (χ4v) is 2.01. The number of anilines is 1. The van der Waals surface area contributed by atoms with Crippen molar-refractivity contribution in [2.45, 2.75) is 33.7 Å². The summed E-state index contributed by atoms with van der Waals surface area (Å²) in [6.07, 6.45) is 1.67. The summed E-state index contributed by atoms with van der Waals surface area (Å²) in [7, 11) is 0. The quantitative estimate of drug-likeness (QED) is 0.919. The van der Waals surface area contributed by atoms with Crippen molar-refractivity contribution in [1.82, 2.24) is 9.78 Å². The molecule has 0 aliphatic carbocycles. The van der Waals surface area contributed by atoms with Crippen molar-refractivity contribution in [2.75, 3.05) is 11.9 Å². The average Bonchev–Trinajstić information content (AvgIpc) is 2.88. The second kappa shape index (κ2) is 6.43. The lowest BCUT2D eigenvalue weighted by atomic mass is 10.1. The third-order valence-electron chi connectivity index (χ3n) is 3.13. The fourth-order valence-electron chi connectivity index (χ4n) is 2.01. The summed E-state index contributed by atoms with van der Waals surface area (Å²) < 4.78 is 7.35. The smallest absolute Gasteiger partial charge is 0.263 e. The summed E-state index contributed by atoms with van der Waals surface area (Å²) in [6, 6.07) is 7.90. The van der Waals surface area contributed by atoms with Crippen molar-refractivity contribution in [2.24, 2.45) is 0 Å². The lowest BCUT2D eigenvalue weighted by Crippen LogP contribution is -2.22. The van der Waals surface area contributed by atoms with Gasteiger partial charge in [-0.1, -0.05) is 12.1 Å². The van der Waals surface area contributed by atoms with Gasteiger partial charge in [0, 0.05) is 12.1 Å². The molecule has 1 aromatic heterocycles. The van der Waals surface area contributed by atoms with Crippen LogP contribution in [0.15, 0.2) is 30.5 Å². The number of aromatic nitrogens is 2. The van der Waals surface area contributed by atoms with Crippen LogP contribution in [-0.4, -0.2) is 22.3 Å². The molecule has 0 bridgehead atoms. The Morgan fingerprint density at radius 1 is 1.33 bits per heavy atom. The first kappa shape index (κ1) is 15.1. The number of ether oxygens (including phenoxy) is 1. The van der Waals surface area contributed by atoms with Gasteiger partial charge in [-0.2, -0.15) is 5.10 Å². The maximum absolute atomic E-state index is 12.0. The predicted octanol–water partition coefficient (Wildman–Crippen LogP) is 3.10. The highest BCUT2D eigenvalue weighted by Crippen LogP contribution is 2.19. The van der Waals surface area contributed by atoms with Crippen LogP contribution in [0, 0.1) is 13.8 Å². The molecular formula is C16H21N3O2. The van der Waals surface area contributed by atoms with E-state index in [1.807, 2.05) is 45.9 Å². The fraction of sp³-hybridized carbons (Fsp3) is 0.375. The van der Waals surface area contributed by atoms with Gasteiger partial charge in [-0.05, 0) is 44.9 Å². The maximum Gasteiger partial charge on any atom is 0.263 e. The van der Waals surface area contributed by atoms with Crippen LogP contribution >= 0.6 is 0 Å². The average molecular weight is 287 g/mol. The Hall–Kier alpha value is -2.30. The van der Waals surface area contributed by atoms with Gasteiger partial charge < -0.3 is 10.1 Å². The number of aryl methyl sites for hydroxylation is 2. The van der Waals surface area contributed by atoms with E-state index in [2.05, 4.69) is 10.4 Å². The van der Waals surface area contributed by atoms with Crippen LogP contribution in [0.5, 0.6) is 5.75 Å². The first-order chi connectivity index (χ1) is 9.97. The van der Waals surface area contributed by atoms with Crippen LogP contribution < -0.4 is 10.1 Å². The zero-order valence-electron chi connectivity index (χ0n) is 12.9. The minimum Gasteiger partial charge on any atom is -0.483 e. The molecular weight excluding hydrogens is 266 g/mol. The number of carbonyl (C=O) groups excluding carboxylic acids is 1. The summed E-state index contributed by atoms with van der Waals surface area (Å²) in [5.41, 5.74) is 2.12. The van der Waals surface area contributed by atoms with Crippen molar-refractivity contribution in [3.8, 4) is 5.75 Å². The van der Waals surface area contributed by atoms with E-state index in [1.54, 1.807) is 16.9 Å². The summed E-state index contributed by atoms with van der Waals surface area (Å²) >= 11 is 0. The minimum absolute atomic E-state index is 0.0203. The third-order valence-corrected chi connectivity index (χ3v) is 3.13. The maximum atomic E-state index is 12.0. The molecule has 21 heavy (non-hydrogen) atoms. The largest absolute Gasteiger partial charge is 0.483 e. The zero-order chi connectivity index (χ0) is 15.4. The summed E-state index contributed by atoms with van der Waals surface area (Å²) in [6.45, 7) is 7.95. The van der Waals surface area contributed by atoms with Gasteiger partial charge in [0.15, 0.2) is 6.61 Å². The molecule has 1 N–H and O–H groups in total. The number of carbonyl (C=O) groups is 1. The highest BCUT2D eigenvalue weighted by Gasteiger charge is 2.10. The van der Waals surface area contributed by atoms with Gasteiger partial charge in [-0.15, -0.1) is 0 Å². The standard InChI is InChI=1S/C16H21N3O2/c1-11(2)19-15(7-8-17-19)18-16(20)10-21-14-9-12(3)5-6-13(14)4/h5-9,11H,10H2,1-4H3,(H,18,20). The number of hydrogen-bond acceptors (Lipinski definition) is 3. The highest BCUT2D eigenvalue weighted by molar-refractivity contribution is 5.91. The van der Waals surface area contributed by atoms with Gasteiger partial charge in [0.1, 0.15) is 11.6 Å². The molecule has 2 aromatic rings. The number of nitrogens with zero attached hydrogens (tertiary/aromatic N) is 2. The van der Waals surface area contributed by atoms with E-state index in [-0.39, 0.29) is 18.6 Å². The molecule has 5 heteroatoms. The van der Waals surface area contributed by atoms with Gasteiger partial charge in [0.25, 0.3) is 5.91 Å². The van der Waals surface area contributed by atoms with E-state index in [1.165, 1.54) is 0 Å². The SMILES string of the molecule is Cc1ccc(C)c(OCC(=O)Nc2ccnn2C(C)C)c1. The Bertz CT molecular complexity index is 632. The summed E-state index contributed by atoms with van der Waals surface area (Å²) in [4.78, 5) is 12.0. The van der Waals surface area contributed by atoms with Crippen molar-refractivity contribution < 1.29 is 9.53 Å². The minimum atomic E-state index is -0.196. The van der Waals surface area contributed by atoms with Crippen molar-refractivity contribution >= 4 is 11.7 Å². The van der Waals surface area contributed by atoms with Gasteiger partial charge in [-0.3, -0.25) is 4.79 Å². The molecule has 0 radical (unpaired) electrons. The molecule has 1 heterocycles. The lowest BCUT2D eigenvalue weighted by molar-refractivity contribution is -0.118. The van der Waals surface area contributed by atoms with E-state index in [0.29, 0.717) is 5.82 Å². The number of amides is 1. The van der Waals surface area contributed by atoms with Crippen LogP contribution in [0.3, 0.4) is 0 Å². The topological polar surface area (TPSA) is 56.1 Å². The summed E-state index contributed by atoms with van der Waals surface area (Å²) in [5.74, 6) is 1.22. The molecule has 0 fully saturated rings. The Morgan fingerprint density at radius 2 is 2.10 bits per heavy atom. The van der Waals surface area contributed by atoms with Gasteiger partial charge in [0.2, 0.25) is 0 Å². The second-order valence-corrected chi connectivity index (χ2v) is 5.36. The van der Waals surface area contributed by atoms with Crippen LogP contribution in [0.1, 0.15) is 31.0 Å². The zero-order valence-corrected chi connectivity index (χ0v) is 12.9. The Kier molecular flexibility index (Phi) is 4.62. The van der Waals surface area contributed by atoms with E-state index in [4.69, 9.17) is 4.74 Å². The molecule has 112 valence electrons. The molecule has 0 atom stereocenters. The molecule has 0 saturated heterocycles. The molecule has 0 unspecified atom stereocenters.